The minimum absolute atomic E-state index is 0.0432. The van der Waals surface area contributed by atoms with Gasteiger partial charge in [-0.05, 0) is 76.6 Å². The zero-order valence-corrected chi connectivity index (χ0v) is 33.7. The molecule has 2 unspecified atom stereocenters. The maximum absolute atomic E-state index is 10.2. The van der Waals surface area contributed by atoms with E-state index >= 15 is 0 Å². The Kier molecular flexibility index (Phi) is 9.92. The predicted octanol–water partition coefficient (Wildman–Crippen LogP) is 8.20. The zero-order valence-electron chi connectivity index (χ0n) is 33.7. The number of allylic oxidation sites excluding steroid dienone is 2. The molecule has 55 heavy (non-hydrogen) atoms. The van der Waals surface area contributed by atoms with Gasteiger partial charge >= 0.3 is 0 Å². The van der Waals surface area contributed by atoms with Crippen LogP contribution < -0.4 is 20.9 Å². The Hall–Kier alpha value is -6.26. The molecule has 0 fully saturated rings. The minimum Gasteiger partial charge on any atom is -0.422 e. The van der Waals surface area contributed by atoms with Crippen LogP contribution in [0.3, 0.4) is 0 Å². The summed E-state index contributed by atoms with van der Waals surface area (Å²) in [6.45, 7) is 20.7. The average Bonchev–Trinajstić information content (AvgIpc) is 3.60. The number of ether oxygens (including phenoxy) is 2. The van der Waals surface area contributed by atoms with Crippen LogP contribution >= 0.6 is 0 Å². The van der Waals surface area contributed by atoms with Gasteiger partial charge in [-0.15, -0.1) is 0 Å². The molecule has 2 atom stereocenters. The first kappa shape index (κ1) is 38.5. The summed E-state index contributed by atoms with van der Waals surface area (Å²) < 4.78 is 15.4. The number of rotatable bonds is 5. The SMILES string of the molecule is Cc1cc(C)cc(C2(C(C)C)C(C#N)=C(N)Oc3c2c(C)nn3-c2ccccc2)c1.Cc1cc(C)cc(C2(C(C)C)C(C#N)=C(N)Oc3c2c(C)nn3C)c1. The van der Waals surface area contributed by atoms with Crippen LogP contribution in [0.5, 0.6) is 11.8 Å². The highest BCUT2D eigenvalue weighted by Crippen LogP contribution is 2.55. The van der Waals surface area contributed by atoms with Crippen LogP contribution in [0.1, 0.15) is 83.6 Å². The van der Waals surface area contributed by atoms with E-state index in [-0.39, 0.29) is 23.6 Å². The molecule has 7 rings (SSSR count). The zero-order chi connectivity index (χ0) is 40.1. The van der Waals surface area contributed by atoms with Crippen molar-refractivity contribution in [2.45, 2.75) is 80.1 Å². The monoisotopic (exact) mass is 734 g/mol. The predicted molar refractivity (Wildman–Crippen MR) is 214 cm³/mol. The lowest BCUT2D eigenvalue weighted by Crippen LogP contribution is -2.41. The quantitative estimate of drug-likeness (QED) is 0.183. The topological polar surface area (TPSA) is 154 Å². The molecule has 4 N–H and O–H groups in total. The normalized spacial score (nSPS) is 18.8. The van der Waals surface area contributed by atoms with E-state index in [1.807, 2.05) is 51.2 Å². The van der Waals surface area contributed by atoms with Crippen LogP contribution in [-0.2, 0) is 17.9 Å². The van der Waals surface area contributed by atoms with Gasteiger partial charge in [-0.2, -0.15) is 20.7 Å². The second-order valence-electron chi connectivity index (χ2n) is 15.5. The number of aryl methyl sites for hydroxylation is 7. The van der Waals surface area contributed by atoms with Crippen molar-refractivity contribution < 1.29 is 9.47 Å². The molecule has 3 aromatic carbocycles. The van der Waals surface area contributed by atoms with Crippen molar-refractivity contribution in [1.82, 2.24) is 19.6 Å². The van der Waals surface area contributed by atoms with Crippen LogP contribution in [0.25, 0.3) is 5.69 Å². The third-order valence-electron chi connectivity index (χ3n) is 11.0. The first-order valence-corrected chi connectivity index (χ1v) is 18.6. The van der Waals surface area contributed by atoms with Gasteiger partial charge in [-0.3, -0.25) is 0 Å². The number of hydrogen-bond acceptors (Lipinski definition) is 8. The first-order chi connectivity index (χ1) is 26.0. The van der Waals surface area contributed by atoms with Gasteiger partial charge < -0.3 is 20.9 Å². The van der Waals surface area contributed by atoms with Crippen LogP contribution in [0, 0.1) is 76.0 Å². The lowest BCUT2D eigenvalue weighted by molar-refractivity contribution is 0.311. The Morgan fingerprint density at radius 3 is 1.44 bits per heavy atom. The Morgan fingerprint density at radius 1 is 0.618 bits per heavy atom. The summed E-state index contributed by atoms with van der Waals surface area (Å²) in [5.41, 5.74) is 23.1. The summed E-state index contributed by atoms with van der Waals surface area (Å²) in [6, 6.07) is 27.4. The molecule has 2 aromatic heterocycles. The Morgan fingerprint density at radius 2 is 1.02 bits per heavy atom. The molecule has 0 aliphatic carbocycles. The van der Waals surface area contributed by atoms with E-state index < -0.39 is 10.8 Å². The highest BCUT2D eigenvalue weighted by molar-refractivity contribution is 5.64. The molecule has 0 radical (unpaired) electrons. The highest BCUT2D eigenvalue weighted by atomic mass is 16.5. The molecular weight excluding hydrogens is 685 g/mol. The molecule has 10 heteroatoms. The van der Waals surface area contributed by atoms with Gasteiger partial charge in [-0.25, -0.2) is 9.36 Å². The third kappa shape index (κ3) is 5.93. The molecule has 0 saturated carbocycles. The second kappa shape index (κ2) is 14.2. The highest BCUT2D eigenvalue weighted by Gasteiger charge is 2.52. The maximum atomic E-state index is 10.2. The summed E-state index contributed by atoms with van der Waals surface area (Å²) in [6.07, 6.45) is 0. The van der Waals surface area contributed by atoms with Gasteiger partial charge in [0.2, 0.25) is 23.5 Å². The average molecular weight is 735 g/mol. The number of benzene rings is 3. The van der Waals surface area contributed by atoms with Crippen molar-refractivity contribution >= 4 is 0 Å². The van der Waals surface area contributed by atoms with Gasteiger partial charge in [0, 0.05) is 7.05 Å². The van der Waals surface area contributed by atoms with Crippen LogP contribution in [0.2, 0.25) is 0 Å². The molecule has 10 nitrogen and oxygen atoms in total. The molecular formula is C45H50N8O2. The smallest absolute Gasteiger partial charge is 0.229 e. The van der Waals surface area contributed by atoms with Crippen LogP contribution in [-0.4, -0.2) is 19.6 Å². The van der Waals surface area contributed by atoms with Crippen molar-refractivity contribution in [3.8, 4) is 29.6 Å². The number of aromatic nitrogens is 4. The minimum atomic E-state index is -0.750. The number of hydrogen-bond donors (Lipinski definition) is 2. The third-order valence-corrected chi connectivity index (χ3v) is 11.0. The number of nitrogens with two attached hydrogens (primary N) is 2. The fourth-order valence-corrected chi connectivity index (χ4v) is 9.05. The molecule has 5 aromatic rings. The number of nitriles is 2. The van der Waals surface area contributed by atoms with Gasteiger partial charge in [-0.1, -0.05) is 105 Å². The van der Waals surface area contributed by atoms with Gasteiger partial charge in [0.05, 0.1) is 39.0 Å². The van der Waals surface area contributed by atoms with Crippen LogP contribution in [0.15, 0.2) is 89.6 Å². The van der Waals surface area contributed by atoms with Crippen molar-refractivity contribution in [3.63, 3.8) is 0 Å². The van der Waals surface area contributed by atoms with Gasteiger partial charge in [0.25, 0.3) is 0 Å². The maximum Gasteiger partial charge on any atom is 0.229 e. The fraction of sp³-hybridized carbons (Fsp3) is 0.333. The van der Waals surface area contributed by atoms with Crippen molar-refractivity contribution in [2.75, 3.05) is 0 Å². The van der Waals surface area contributed by atoms with Gasteiger partial charge in [0.1, 0.15) is 23.3 Å². The summed E-state index contributed by atoms with van der Waals surface area (Å²) in [7, 11) is 1.84. The van der Waals surface area contributed by atoms with E-state index in [1.165, 1.54) is 0 Å². The first-order valence-electron chi connectivity index (χ1n) is 18.6. The molecule has 2 aliphatic heterocycles. The summed E-state index contributed by atoms with van der Waals surface area (Å²) in [5, 5.41) is 29.5. The molecule has 0 spiro atoms. The lowest BCUT2D eigenvalue weighted by atomic mass is 9.61. The van der Waals surface area contributed by atoms with E-state index in [1.54, 1.807) is 9.36 Å². The van der Waals surface area contributed by atoms with Crippen molar-refractivity contribution in [2.24, 2.45) is 30.4 Å². The number of para-hydroxylation sites is 1. The van der Waals surface area contributed by atoms with E-state index in [0.29, 0.717) is 22.9 Å². The largest absolute Gasteiger partial charge is 0.422 e. The van der Waals surface area contributed by atoms with E-state index in [9.17, 15) is 10.5 Å². The number of fused-ring (bicyclic) bond motifs is 2. The molecule has 0 amide bonds. The van der Waals surface area contributed by atoms with Crippen molar-refractivity contribution in [3.05, 3.63) is 146 Å². The molecule has 282 valence electrons. The summed E-state index contributed by atoms with van der Waals surface area (Å²) in [5.74, 6) is 1.61. The van der Waals surface area contributed by atoms with E-state index in [2.05, 4.69) is 109 Å². The molecule has 2 aliphatic rings. The molecule has 4 heterocycles. The summed E-state index contributed by atoms with van der Waals surface area (Å²) in [4.78, 5) is 0. The standard InChI is InChI=1S/C25H26N4O.C20H24N4O/c1-15(2)25(19-12-16(3)11-17(4)13-19)21(14-26)23(27)30-24-22(25)18(5)28-29(24)20-9-7-6-8-10-20;1-11(2)20(15-8-12(3)7-13(4)9-15)16(10-21)18(22)25-19-17(20)14(5)23-24(19)6/h6-13,15H,27H2,1-5H3;7-9,11H,22H2,1-6H3. The van der Waals surface area contributed by atoms with Crippen molar-refractivity contribution in [1.29, 1.82) is 10.5 Å². The Balaban J connectivity index is 0.000000190. The summed E-state index contributed by atoms with van der Waals surface area (Å²) >= 11 is 0. The van der Waals surface area contributed by atoms with E-state index in [4.69, 9.17) is 26.0 Å². The molecule has 0 saturated heterocycles. The Bertz CT molecular complexity index is 2430. The lowest BCUT2D eigenvalue weighted by Gasteiger charge is -2.41. The van der Waals surface area contributed by atoms with Crippen LogP contribution in [0.4, 0.5) is 0 Å². The van der Waals surface area contributed by atoms with E-state index in [0.717, 1.165) is 61.6 Å². The number of nitrogens with zero attached hydrogens (tertiary/aromatic N) is 6. The van der Waals surface area contributed by atoms with Gasteiger partial charge in [0.15, 0.2) is 0 Å². The Labute approximate surface area is 324 Å². The molecule has 0 bridgehead atoms. The second-order valence-corrected chi connectivity index (χ2v) is 15.5. The fourth-order valence-electron chi connectivity index (χ4n) is 9.05.